The topological polar surface area (TPSA) is 118 Å². The van der Waals surface area contributed by atoms with Crippen molar-refractivity contribution in [1.82, 2.24) is 14.5 Å². The highest BCUT2D eigenvalue weighted by Crippen LogP contribution is 2.38. The fourth-order valence-corrected chi connectivity index (χ4v) is 5.42. The molecular formula is C30H24F2N6O4. The van der Waals surface area contributed by atoms with Crippen LogP contribution in [-0.4, -0.2) is 52.7 Å². The van der Waals surface area contributed by atoms with E-state index in [9.17, 15) is 29.0 Å². The van der Waals surface area contributed by atoms with Crippen molar-refractivity contribution in [1.29, 1.82) is 5.26 Å². The van der Waals surface area contributed by atoms with Crippen molar-refractivity contribution in [2.24, 2.45) is 0 Å². The van der Waals surface area contributed by atoms with Crippen molar-refractivity contribution in [3.8, 4) is 24.2 Å². The molecule has 1 atom stereocenters. The van der Waals surface area contributed by atoms with E-state index in [1.54, 1.807) is 23.1 Å². The van der Waals surface area contributed by atoms with Gasteiger partial charge in [-0.1, -0.05) is 24.1 Å². The smallest absolute Gasteiger partial charge is 0.359 e. The molecule has 12 heteroatoms. The van der Waals surface area contributed by atoms with Gasteiger partial charge in [0.1, 0.15) is 34.7 Å². The van der Waals surface area contributed by atoms with E-state index < -0.39 is 33.8 Å². The zero-order valence-electron chi connectivity index (χ0n) is 22.5. The predicted octanol–water partition coefficient (Wildman–Crippen LogP) is 4.01. The van der Waals surface area contributed by atoms with Crippen LogP contribution in [0.15, 0.2) is 59.4 Å². The van der Waals surface area contributed by atoms with Crippen LogP contribution in [0.1, 0.15) is 22.9 Å². The van der Waals surface area contributed by atoms with E-state index in [0.717, 1.165) is 10.1 Å². The van der Waals surface area contributed by atoms with E-state index in [-0.39, 0.29) is 42.0 Å². The average Bonchev–Trinajstić information content (AvgIpc) is 3.00. The van der Waals surface area contributed by atoms with Gasteiger partial charge in [-0.15, -0.1) is 6.42 Å². The lowest BCUT2D eigenvalue weighted by molar-refractivity contribution is -0.385. The maximum absolute atomic E-state index is 14.1. The summed E-state index contributed by atoms with van der Waals surface area (Å²) in [5.41, 5.74) is 0.305. The number of rotatable bonds is 7. The van der Waals surface area contributed by atoms with Gasteiger partial charge in [-0.25, -0.2) is 13.8 Å². The van der Waals surface area contributed by atoms with Gasteiger partial charge in [0.05, 0.1) is 30.1 Å². The monoisotopic (exact) mass is 570 g/mol. The molecule has 1 saturated heterocycles. The first kappa shape index (κ1) is 28.2. The quantitative estimate of drug-likeness (QED) is 0.186. The van der Waals surface area contributed by atoms with Gasteiger partial charge in [0, 0.05) is 37.8 Å². The number of terminal acetylenes is 1. The molecule has 0 bridgehead atoms. The van der Waals surface area contributed by atoms with Gasteiger partial charge in [0.25, 0.3) is 0 Å². The molecule has 3 heterocycles. The summed E-state index contributed by atoms with van der Waals surface area (Å²) in [7, 11) is 1.44. The number of anilines is 1. The molecule has 42 heavy (non-hydrogen) atoms. The van der Waals surface area contributed by atoms with Crippen LogP contribution in [0.2, 0.25) is 0 Å². The first-order valence-electron chi connectivity index (χ1n) is 12.9. The molecule has 0 saturated carbocycles. The summed E-state index contributed by atoms with van der Waals surface area (Å²) in [4.78, 5) is 32.9. The number of pyridine rings is 2. The van der Waals surface area contributed by atoms with Crippen LogP contribution in [0.5, 0.6) is 5.75 Å². The molecule has 2 aromatic heterocycles. The number of halogens is 2. The maximum atomic E-state index is 14.1. The first-order chi connectivity index (χ1) is 20.3. The highest BCUT2D eigenvalue weighted by molar-refractivity contribution is 5.94. The van der Waals surface area contributed by atoms with E-state index in [4.69, 9.17) is 11.2 Å². The Bertz CT molecular complexity index is 1820. The minimum atomic E-state index is -0.866. The summed E-state index contributed by atoms with van der Waals surface area (Å²) in [5.74, 6) is 1.79. The number of nitrogens with zero attached hydrogens (tertiary/aromatic N) is 6. The number of nitriles is 1. The summed E-state index contributed by atoms with van der Waals surface area (Å²) in [6.45, 7) is 0.984. The van der Waals surface area contributed by atoms with Crippen LogP contribution in [0.25, 0.3) is 11.0 Å². The Hall–Kier alpha value is -5.33. The molecule has 1 fully saturated rings. The van der Waals surface area contributed by atoms with Crippen molar-refractivity contribution in [3.05, 3.63) is 104 Å². The molecule has 0 amide bonds. The van der Waals surface area contributed by atoms with E-state index in [0.29, 0.717) is 24.4 Å². The van der Waals surface area contributed by atoms with Crippen LogP contribution < -0.4 is 15.2 Å². The van der Waals surface area contributed by atoms with Crippen LogP contribution in [0.3, 0.4) is 0 Å². The van der Waals surface area contributed by atoms with Crippen LogP contribution in [0.4, 0.5) is 20.2 Å². The number of hydrogen-bond acceptors (Lipinski definition) is 8. The van der Waals surface area contributed by atoms with Crippen LogP contribution >= 0.6 is 0 Å². The Labute approximate surface area is 239 Å². The largest absolute Gasteiger partial charge is 0.496 e. The van der Waals surface area contributed by atoms with Crippen molar-refractivity contribution in [3.63, 3.8) is 0 Å². The molecule has 0 spiro atoms. The van der Waals surface area contributed by atoms with Crippen molar-refractivity contribution in [2.45, 2.75) is 12.6 Å². The number of methoxy groups -OCH3 is 1. The predicted molar refractivity (Wildman–Crippen MR) is 151 cm³/mol. The molecule has 1 aliphatic rings. The van der Waals surface area contributed by atoms with Crippen LogP contribution in [0, 0.1) is 45.4 Å². The normalized spacial score (nSPS) is 14.3. The van der Waals surface area contributed by atoms with Gasteiger partial charge in [0.2, 0.25) is 0 Å². The Morgan fingerprint density at radius 2 is 1.79 bits per heavy atom. The number of aromatic nitrogens is 2. The number of benzene rings is 2. The second-order valence-corrected chi connectivity index (χ2v) is 9.59. The van der Waals surface area contributed by atoms with Crippen molar-refractivity contribution >= 4 is 22.4 Å². The van der Waals surface area contributed by atoms with Gasteiger partial charge in [0.15, 0.2) is 5.69 Å². The second kappa shape index (κ2) is 11.6. The Balaban J connectivity index is 1.58. The summed E-state index contributed by atoms with van der Waals surface area (Å²) < 4.78 is 34.5. The zero-order valence-corrected chi connectivity index (χ0v) is 22.5. The summed E-state index contributed by atoms with van der Waals surface area (Å²) in [6.07, 6.45) is 5.44. The Morgan fingerprint density at radius 1 is 1.10 bits per heavy atom. The molecule has 2 aromatic carbocycles. The molecule has 0 aliphatic carbocycles. The fraction of sp³-hybridized carbons (Fsp3) is 0.233. The number of ether oxygens (including phenoxy) is 1. The van der Waals surface area contributed by atoms with Gasteiger partial charge in [-0.05, 0) is 35.9 Å². The third kappa shape index (κ3) is 5.11. The summed E-state index contributed by atoms with van der Waals surface area (Å²) >= 11 is 0. The first-order valence-corrected chi connectivity index (χ1v) is 12.9. The summed E-state index contributed by atoms with van der Waals surface area (Å²) in [5, 5.41) is 21.7. The third-order valence-corrected chi connectivity index (χ3v) is 7.28. The Morgan fingerprint density at radius 3 is 2.40 bits per heavy atom. The molecule has 0 N–H and O–H groups in total. The van der Waals surface area contributed by atoms with E-state index in [2.05, 4.69) is 15.8 Å². The SMILES string of the molecule is C#CCn1c(=O)c([N+](=O)[O-])c(N2CCN([C@H](c3ccc(F)cc3)c3ccc(F)cc3OC)CC2)c2nc(C#N)ccc21. The molecule has 4 aromatic rings. The zero-order chi connectivity index (χ0) is 30.0. The summed E-state index contributed by atoms with van der Waals surface area (Å²) in [6, 6.07) is 14.6. The maximum Gasteiger partial charge on any atom is 0.359 e. The van der Waals surface area contributed by atoms with Crippen molar-refractivity contribution in [2.75, 3.05) is 38.2 Å². The minimum absolute atomic E-state index is 0.0164. The van der Waals surface area contributed by atoms with Crippen molar-refractivity contribution < 1.29 is 18.4 Å². The number of nitro groups is 1. The van der Waals surface area contributed by atoms with E-state index in [1.807, 2.05) is 6.07 Å². The van der Waals surface area contributed by atoms with Gasteiger partial charge >= 0.3 is 11.2 Å². The molecule has 212 valence electrons. The lowest BCUT2D eigenvalue weighted by atomic mass is 9.95. The molecule has 0 radical (unpaired) electrons. The van der Waals surface area contributed by atoms with E-state index >= 15 is 0 Å². The van der Waals surface area contributed by atoms with Crippen LogP contribution in [-0.2, 0) is 6.54 Å². The number of piperazine rings is 1. The highest BCUT2D eigenvalue weighted by atomic mass is 19.1. The van der Waals surface area contributed by atoms with Gasteiger partial charge in [-0.2, -0.15) is 5.26 Å². The molecule has 1 aliphatic heterocycles. The Kier molecular flexibility index (Phi) is 7.82. The second-order valence-electron chi connectivity index (χ2n) is 9.59. The minimum Gasteiger partial charge on any atom is -0.496 e. The highest BCUT2D eigenvalue weighted by Gasteiger charge is 2.35. The molecule has 5 rings (SSSR count). The number of hydrogen-bond donors (Lipinski definition) is 0. The lowest BCUT2D eigenvalue weighted by Gasteiger charge is -2.40. The molecular weight excluding hydrogens is 546 g/mol. The van der Waals surface area contributed by atoms with E-state index in [1.165, 1.54) is 43.5 Å². The average molecular weight is 571 g/mol. The fourth-order valence-electron chi connectivity index (χ4n) is 5.42. The standard InChI is InChI=1S/C30H24F2N6O4/c1-3-12-37-24-11-9-22(18-33)34-26(24)28(29(30(37)39)38(40)41)36-15-13-35(14-16-36)27(19-4-6-20(31)7-5-19)23-10-8-21(32)17-25(23)42-2/h1,4-11,17,27H,12-16H2,2H3/t27-/m1/s1. The molecule has 0 unspecified atom stereocenters. The lowest BCUT2D eigenvalue weighted by Crippen LogP contribution is -2.48. The van der Waals surface area contributed by atoms with Gasteiger partial charge < -0.3 is 9.64 Å². The van der Waals surface area contributed by atoms with Gasteiger partial charge in [-0.3, -0.25) is 24.4 Å². The molecule has 10 nitrogen and oxygen atoms in total. The number of fused-ring (bicyclic) bond motifs is 1. The third-order valence-electron chi connectivity index (χ3n) is 7.28.